The molecule has 4 heteroatoms. The van der Waals surface area contributed by atoms with Gasteiger partial charge in [0.2, 0.25) is 0 Å². The van der Waals surface area contributed by atoms with Crippen LogP contribution in [0.15, 0.2) is 10.5 Å². The van der Waals surface area contributed by atoms with Crippen LogP contribution in [0.3, 0.4) is 0 Å². The lowest BCUT2D eigenvalue weighted by Crippen LogP contribution is -2.50. The number of hydrogen-bond acceptors (Lipinski definition) is 3. The fourth-order valence-electron chi connectivity index (χ4n) is 3.37. The van der Waals surface area contributed by atoms with E-state index in [4.69, 9.17) is 4.42 Å². The molecule has 1 unspecified atom stereocenters. The van der Waals surface area contributed by atoms with E-state index in [1.165, 1.54) is 0 Å². The summed E-state index contributed by atoms with van der Waals surface area (Å²) in [5.74, 6) is 1.80. The predicted molar refractivity (Wildman–Crippen MR) is 82.5 cm³/mol. The van der Waals surface area contributed by atoms with E-state index < -0.39 is 0 Å². The number of hydrogen-bond donors (Lipinski definition) is 1. The van der Waals surface area contributed by atoms with Crippen LogP contribution in [-0.4, -0.2) is 34.6 Å². The molecule has 1 aromatic rings. The highest BCUT2D eigenvalue weighted by molar-refractivity contribution is 5.96. The number of aryl methyl sites for hydroxylation is 1. The van der Waals surface area contributed by atoms with E-state index in [1.807, 2.05) is 17.9 Å². The highest BCUT2D eigenvalue weighted by Gasteiger charge is 2.43. The molecule has 1 saturated heterocycles. The Labute approximate surface area is 127 Å². The third kappa shape index (κ3) is 2.86. The first-order valence-corrected chi connectivity index (χ1v) is 7.98. The van der Waals surface area contributed by atoms with Crippen LogP contribution >= 0.6 is 0 Å². The lowest BCUT2D eigenvalue weighted by Gasteiger charge is -2.37. The van der Waals surface area contributed by atoms with Gasteiger partial charge in [-0.3, -0.25) is 4.79 Å². The van der Waals surface area contributed by atoms with Gasteiger partial charge < -0.3 is 14.4 Å². The number of amides is 1. The molecule has 0 spiro atoms. The van der Waals surface area contributed by atoms with Gasteiger partial charge in [-0.05, 0) is 32.3 Å². The minimum Gasteiger partial charge on any atom is -0.465 e. The van der Waals surface area contributed by atoms with Crippen molar-refractivity contribution >= 4 is 5.91 Å². The van der Waals surface area contributed by atoms with E-state index in [0.717, 1.165) is 38.0 Å². The van der Waals surface area contributed by atoms with Crippen molar-refractivity contribution in [2.24, 2.45) is 0 Å². The van der Waals surface area contributed by atoms with Crippen molar-refractivity contribution in [3.63, 3.8) is 0 Å². The highest BCUT2D eigenvalue weighted by Crippen LogP contribution is 2.35. The molecule has 1 fully saturated rings. The highest BCUT2D eigenvalue weighted by atomic mass is 16.3. The third-order valence-electron chi connectivity index (χ3n) is 4.59. The number of nitrogens with zero attached hydrogens (tertiary/aromatic N) is 1. The normalized spacial score (nSPS) is 22.3. The van der Waals surface area contributed by atoms with Crippen LogP contribution < -0.4 is 0 Å². The summed E-state index contributed by atoms with van der Waals surface area (Å²) in [4.78, 5) is 14.8. The minimum absolute atomic E-state index is 0.00292. The number of rotatable bonds is 5. The Balaban J connectivity index is 2.30. The topological polar surface area (TPSA) is 53.7 Å². The number of carbonyl (C=O) groups excluding carboxylic acids is 1. The second-order valence-corrected chi connectivity index (χ2v) is 6.47. The Kier molecular flexibility index (Phi) is 4.77. The molecule has 0 bridgehead atoms. The number of aliphatic hydroxyl groups is 1. The molecule has 2 rings (SSSR count). The third-order valence-corrected chi connectivity index (χ3v) is 4.59. The summed E-state index contributed by atoms with van der Waals surface area (Å²) in [7, 11) is 0. The number of carbonyl (C=O) groups is 1. The molecular formula is C17H27NO3. The first-order valence-electron chi connectivity index (χ1n) is 7.98. The largest absolute Gasteiger partial charge is 0.465 e. The van der Waals surface area contributed by atoms with Gasteiger partial charge in [0.25, 0.3) is 5.91 Å². The van der Waals surface area contributed by atoms with Gasteiger partial charge in [-0.1, -0.05) is 27.2 Å². The van der Waals surface area contributed by atoms with Gasteiger partial charge in [-0.25, -0.2) is 0 Å². The van der Waals surface area contributed by atoms with Crippen LogP contribution in [0, 0.1) is 6.92 Å². The van der Waals surface area contributed by atoms with Gasteiger partial charge in [0.15, 0.2) is 0 Å². The average Bonchev–Trinajstić information content (AvgIpc) is 3.03. The molecule has 1 aliphatic rings. The molecular weight excluding hydrogens is 266 g/mol. The van der Waals surface area contributed by atoms with E-state index in [0.29, 0.717) is 11.3 Å². The smallest absolute Gasteiger partial charge is 0.257 e. The summed E-state index contributed by atoms with van der Waals surface area (Å²) < 4.78 is 5.71. The molecule has 0 radical (unpaired) electrons. The van der Waals surface area contributed by atoms with E-state index in [2.05, 4.69) is 20.8 Å². The van der Waals surface area contributed by atoms with E-state index >= 15 is 0 Å². The van der Waals surface area contributed by atoms with Gasteiger partial charge in [-0.2, -0.15) is 0 Å². The molecule has 1 aromatic heterocycles. The molecule has 4 nitrogen and oxygen atoms in total. The fourth-order valence-corrected chi connectivity index (χ4v) is 3.37. The van der Waals surface area contributed by atoms with E-state index in [9.17, 15) is 9.90 Å². The monoisotopic (exact) mass is 293 g/mol. The summed E-state index contributed by atoms with van der Waals surface area (Å²) in [6, 6.07) is 1.87. The second kappa shape index (κ2) is 6.22. The average molecular weight is 293 g/mol. The Bertz CT molecular complexity index is 506. The van der Waals surface area contributed by atoms with Crippen molar-refractivity contribution in [1.29, 1.82) is 0 Å². The van der Waals surface area contributed by atoms with Crippen LogP contribution in [0.2, 0.25) is 0 Å². The maximum atomic E-state index is 12.9. The molecule has 1 N–H and O–H groups in total. The summed E-state index contributed by atoms with van der Waals surface area (Å²) in [5.41, 5.74) is 0.266. The first kappa shape index (κ1) is 16.1. The SMILES string of the molecule is CCCC1(CO)CCCN1C(=O)c1cc(C(C)C)oc1C. The fraction of sp³-hybridized carbons (Fsp3) is 0.706. The summed E-state index contributed by atoms with van der Waals surface area (Å²) in [5, 5.41) is 9.86. The quantitative estimate of drug-likeness (QED) is 0.904. The van der Waals surface area contributed by atoms with Crippen molar-refractivity contribution in [1.82, 2.24) is 4.90 Å². The zero-order valence-corrected chi connectivity index (χ0v) is 13.6. The van der Waals surface area contributed by atoms with Crippen molar-refractivity contribution in [3.8, 4) is 0 Å². The van der Waals surface area contributed by atoms with E-state index in [1.54, 1.807) is 0 Å². The van der Waals surface area contributed by atoms with Crippen LogP contribution in [0.4, 0.5) is 0 Å². The number of furan rings is 1. The number of likely N-dealkylation sites (tertiary alicyclic amines) is 1. The minimum atomic E-state index is -0.381. The second-order valence-electron chi connectivity index (χ2n) is 6.47. The molecule has 0 aliphatic carbocycles. The van der Waals surface area contributed by atoms with Crippen LogP contribution in [0.5, 0.6) is 0 Å². The Morgan fingerprint density at radius 1 is 1.52 bits per heavy atom. The Morgan fingerprint density at radius 2 is 2.24 bits per heavy atom. The lowest BCUT2D eigenvalue weighted by atomic mass is 9.91. The van der Waals surface area contributed by atoms with E-state index in [-0.39, 0.29) is 24.0 Å². The van der Waals surface area contributed by atoms with Gasteiger partial charge in [0.1, 0.15) is 11.5 Å². The maximum Gasteiger partial charge on any atom is 0.257 e. The van der Waals surface area contributed by atoms with Crippen LogP contribution in [0.25, 0.3) is 0 Å². The first-order chi connectivity index (χ1) is 9.95. The zero-order valence-electron chi connectivity index (χ0n) is 13.6. The molecule has 1 atom stereocenters. The van der Waals surface area contributed by atoms with Crippen molar-refractivity contribution < 1.29 is 14.3 Å². The Hall–Kier alpha value is -1.29. The molecule has 0 aromatic carbocycles. The zero-order chi connectivity index (χ0) is 15.6. The molecule has 21 heavy (non-hydrogen) atoms. The summed E-state index contributed by atoms with van der Waals surface area (Å²) in [6.45, 7) is 8.81. The molecule has 118 valence electrons. The van der Waals surface area contributed by atoms with Gasteiger partial charge in [-0.15, -0.1) is 0 Å². The van der Waals surface area contributed by atoms with Crippen LogP contribution in [-0.2, 0) is 0 Å². The molecule has 1 aliphatic heterocycles. The van der Waals surface area contributed by atoms with Gasteiger partial charge in [0, 0.05) is 12.5 Å². The van der Waals surface area contributed by atoms with Crippen molar-refractivity contribution in [2.75, 3.05) is 13.2 Å². The number of aliphatic hydroxyl groups excluding tert-OH is 1. The lowest BCUT2D eigenvalue weighted by molar-refractivity contribution is 0.0375. The molecule has 2 heterocycles. The standard InChI is InChI=1S/C17H27NO3/c1-5-7-17(11-19)8-6-9-18(17)16(20)14-10-15(12(2)3)21-13(14)4/h10,12,19H,5-9,11H2,1-4H3. The van der Waals surface area contributed by atoms with Crippen molar-refractivity contribution in [2.45, 2.75) is 64.8 Å². The summed E-state index contributed by atoms with van der Waals surface area (Å²) >= 11 is 0. The summed E-state index contributed by atoms with van der Waals surface area (Å²) in [6.07, 6.45) is 3.66. The van der Waals surface area contributed by atoms with Gasteiger partial charge in [0.05, 0.1) is 17.7 Å². The predicted octanol–water partition coefficient (Wildman–Crippen LogP) is 3.48. The van der Waals surface area contributed by atoms with Crippen LogP contribution in [0.1, 0.15) is 74.3 Å². The molecule has 1 amide bonds. The van der Waals surface area contributed by atoms with Gasteiger partial charge >= 0.3 is 0 Å². The molecule has 0 saturated carbocycles. The Morgan fingerprint density at radius 3 is 2.76 bits per heavy atom. The maximum absolute atomic E-state index is 12.9. The van der Waals surface area contributed by atoms with Crippen molar-refractivity contribution in [3.05, 3.63) is 23.2 Å².